The average Bonchev–Trinajstić information content (AvgIpc) is 2.86. The lowest BCUT2D eigenvalue weighted by atomic mass is 9.98. The Morgan fingerprint density at radius 1 is 0.879 bits per heavy atom. The molecule has 3 aromatic carbocycles. The Morgan fingerprint density at radius 3 is 2.39 bits per heavy atom. The predicted molar refractivity (Wildman–Crippen MR) is 134 cm³/mol. The normalized spacial score (nSPS) is 14.6. The molecule has 1 saturated heterocycles. The van der Waals surface area contributed by atoms with Crippen LogP contribution in [-0.4, -0.2) is 22.2 Å². The molecule has 0 unspecified atom stereocenters. The number of hydrogen-bond acceptors (Lipinski definition) is 3. The molecule has 4 aromatic rings. The van der Waals surface area contributed by atoms with Crippen molar-refractivity contribution in [3.05, 3.63) is 104 Å². The quantitative estimate of drug-likeness (QED) is 0.477. The summed E-state index contributed by atoms with van der Waals surface area (Å²) >= 11 is 6.25. The van der Waals surface area contributed by atoms with Gasteiger partial charge in [-0.3, -0.25) is 13.9 Å². The van der Waals surface area contributed by atoms with E-state index in [0.717, 1.165) is 42.6 Å². The third kappa shape index (κ3) is 4.39. The molecule has 0 radical (unpaired) electrons. The highest BCUT2D eigenvalue weighted by Gasteiger charge is 2.20. The molecule has 0 aliphatic carbocycles. The number of nitrogens with one attached hydrogen (secondary N) is 1. The topological polar surface area (TPSA) is 56.0 Å². The fourth-order valence-corrected chi connectivity index (χ4v) is 4.93. The Bertz CT molecular complexity index is 1400. The molecule has 2 heterocycles. The monoisotopic (exact) mass is 459 g/mol. The number of benzene rings is 3. The standard InChI is InChI=1S/C27H26ClN3O2/c28-22-10-11-25-24(16-22)26(32)31(17-19-12-14-29-15-13-19)27(33)30(25)18-21-8-4-5-9-23(21)20-6-2-1-3-7-20/h1-11,16,19,29H,12-15,17-18H2. The molecule has 1 N–H and O–H groups in total. The first kappa shape index (κ1) is 21.7. The molecule has 1 aromatic heterocycles. The van der Waals surface area contributed by atoms with Crippen molar-refractivity contribution in [1.82, 2.24) is 14.5 Å². The lowest BCUT2D eigenvalue weighted by Gasteiger charge is -2.24. The Hall–Kier alpha value is -3.15. The van der Waals surface area contributed by atoms with Gasteiger partial charge in [0.2, 0.25) is 0 Å². The Morgan fingerprint density at radius 2 is 1.61 bits per heavy atom. The maximum Gasteiger partial charge on any atom is 0.331 e. The number of nitrogens with zero attached hydrogens (tertiary/aromatic N) is 2. The molecule has 0 amide bonds. The van der Waals surface area contributed by atoms with Crippen molar-refractivity contribution < 1.29 is 0 Å². The molecule has 0 saturated carbocycles. The fraction of sp³-hybridized carbons (Fsp3) is 0.259. The Balaban J connectivity index is 1.66. The highest BCUT2D eigenvalue weighted by Crippen LogP contribution is 2.25. The second-order valence-corrected chi connectivity index (χ2v) is 9.10. The van der Waals surface area contributed by atoms with Crippen LogP contribution in [0.25, 0.3) is 22.0 Å². The fourth-order valence-electron chi connectivity index (χ4n) is 4.76. The van der Waals surface area contributed by atoms with Gasteiger partial charge in [0.1, 0.15) is 0 Å². The van der Waals surface area contributed by atoms with E-state index in [4.69, 9.17) is 11.6 Å². The van der Waals surface area contributed by atoms with Crippen molar-refractivity contribution in [2.24, 2.45) is 5.92 Å². The van der Waals surface area contributed by atoms with E-state index in [9.17, 15) is 9.59 Å². The van der Waals surface area contributed by atoms with Gasteiger partial charge < -0.3 is 5.32 Å². The van der Waals surface area contributed by atoms with Crippen molar-refractivity contribution in [2.45, 2.75) is 25.9 Å². The van der Waals surface area contributed by atoms with Crippen LogP contribution in [0.15, 0.2) is 82.4 Å². The van der Waals surface area contributed by atoms with Gasteiger partial charge in [-0.05, 0) is 66.7 Å². The molecule has 1 aliphatic heterocycles. The molecule has 5 nitrogen and oxygen atoms in total. The molecule has 0 spiro atoms. The van der Waals surface area contributed by atoms with Crippen molar-refractivity contribution in [3.63, 3.8) is 0 Å². The predicted octanol–water partition coefficient (Wildman–Crippen LogP) is 4.53. The molecule has 6 heteroatoms. The van der Waals surface area contributed by atoms with E-state index in [-0.39, 0.29) is 11.2 Å². The van der Waals surface area contributed by atoms with Crippen LogP contribution in [0.1, 0.15) is 18.4 Å². The zero-order valence-corrected chi connectivity index (χ0v) is 19.1. The van der Waals surface area contributed by atoms with Gasteiger partial charge >= 0.3 is 5.69 Å². The van der Waals surface area contributed by atoms with Crippen LogP contribution < -0.4 is 16.6 Å². The summed E-state index contributed by atoms with van der Waals surface area (Å²) < 4.78 is 3.13. The number of piperidine rings is 1. The van der Waals surface area contributed by atoms with Crippen molar-refractivity contribution in [3.8, 4) is 11.1 Å². The van der Waals surface area contributed by atoms with Crippen LogP contribution in [0.2, 0.25) is 5.02 Å². The SMILES string of the molecule is O=c1c2cc(Cl)ccc2n(Cc2ccccc2-c2ccccc2)c(=O)n1CC1CCNCC1. The maximum absolute atomic E-state index is 13.7. The van der Waals surface area contributed by atoms with E-state index in [1.807, 2.05) is 36.4 Å². The van der Waals surface area contributed by atoms with Gasteiger partial charge in [0.15, 0.2) is 0 Å². The second kappa shape index (κ2) is 9.38. The molecule has 5 rings (SSSR count). The smallest absolute Gasteiger partial charge is 0.317 e. The van der Waals surface area contributed by atoms with Crippen LogP contribution in [0.5, 0.6) is 0 Å². The first-order valence-electron chi connectivity index (χ1n) is 11.4. The minimum absolute atomic E-state index is 0.261. The first-order chi connectivity index (χ1) is 16.1. The molecule has 168 valence electrons. The second-order valence-electron chi connectivity index (χ2n) is 8.66. The number of rotatable bonds is 5. The van der Waals surface area contributed by atoms with Crippen LogP contribution >= 0.6 is 11.6 Å². The number of fused-ring (bicyclic) bond motifs is 1. The van der Waals surface area contributed by atoms with Gasteiger partial charge in [-0.25, -0.2) is 4.79 Å². The lowest BCUT2D eigenvalue weighted by Crippen LogP contribution is -2.43. The van der Waals surface area contributed by atoms with Gasteiger partial charge in [-0.2, -0.15) is 0 Å². The third-order valence-corrected chi connectivity index (χ3v) is 6.75. The zero-order valence-electron chi connectivity index (χ0n) is 18.3. The Kier molecular flexibility index (Phi) is 6.16. The first-order valence-corrected chi connectivity index (χ1v) is 11.8. The summed E-state index contributed by atoms with van der Waals surface area (Å²) in [6.45, 7) is 2.63. The summed E-state index contributed by atoms with van der Waals surface area (Å²) in [6, 6.07) is 23.4. The van der Waals surface area contributed by atoms with E-state index in [2.05, 4.69) is 23.5 Å². The number of hydrogen-bond donors (Lipinski definition) is 1. The lowest BCUT2D eigenvalue weighted by molar-refractivity contribution is 0.323. The van der Waals surface area contributed by atoms with E-state index in [0.29, 0.717) is 34.9 Å². The van der Waals surface area contributed by atoms with Gasteiger partial charge in [-0.1, -0.05) is 66.2 Å². The van der Waals surface area contributed by atoms with Crippen molar-refractivity contribution >= 4 is 22.5 Å². The highest BCUT2D eigenvalue weighted by atomic mass is 35.5. The molecule has 1 aliphatic rings. The van der Waals surface area contributed by atoms with Crippen molar-refractivity contribution in [2.75, 3.05) is 13.1 Å². The molecule has 1 fully saturated rings. The molecule has 0 atom stereocenters. The zero-order chi connectivity index (χ0) is 22.8. The molecule has 0 bridgehead atoms. The van der Waals surface area contributed by atoms with E-state index >= 15 is 0 Å². The summed E-state index contributed by atoms with van der Waals surface area (Å²) in [5.74, 6) is 0.304. The molecular weight excluding hydrogens is 434 g/mol. The largest absolute Gasteiger partial charge is 0.331 e. The van der Waals surface area contributed by atoms with E-state index in [1.54, 1.807) is 22.8 Å². The third-order valence-electron chi connectivity index (χ3n) is 6.52. The summed E-state index contributed by atoms with van der Waals surface area (Å²) in [5.41, 5.74) is 3.27. The summed E-state index contributed by atoms with van der Waals surface area (Å²) in [5, 5.41) is 4.31. The van der Waals surface area contributed by atoms with Crippen molar-refractivity contribution in [1.29, 1.82) is 0 Å². The number of aromatic nitrogens is 2. The summed E-state index contributed by atoms with van der Waals surface area (Å²) in [6.07, 6.45) is 1.91. The van der Waals surface area contributed by atoms with Gasteiger partial charge in [-0.15, -0.1) is 0 Å². The van der Waals surface area contributed by atoms with E-state index < -0.39 is 0 Å². The summed E-state index contributed by atoms with van der Waals surface area (Å²) in [4.78, 5) is 27.0. The minimum atomic E-state index is -0.267. The van der Waals surface area contributed by atoms with Gasteiger partial charge in [0.05, 0.1) is 17.4 Å². The van der Waals surface area contributed by atoms with Gasteiger partial charge in [0.25, 0.3) is 5.56 Å². The molecular formula is C27H26ClN3O2. The van der Waals surface area contributed by atoms with Gasteiger partial charge in [0, 0.05) is 11.6 Å². The van der Waals surface area contributed by atoms with Crippen LogP contribution in [0.4, 0.5) is 0 Å². The van der Waals surface area contributed by atoms with Crippen LogP contribution in [-0.2, 0) is 13.1 Å². The maximum atomic E-state index is 13.7. The highest BCUT2D eigenvalue weighted by molar-refractivity contribution is 6.31. The number of halogens is 1. The molecule has 33 heavy (non-hydrogen) atoms. The van der Waals surface area contributed by atoms with Crippen LogP contribution in [0, 0.1) is 5.92 Å². The Labute approximate surface area is 197 Å². The minimum Gasteiger partial charge on any atom is -0.317 e. The average molecular weight is 460 g/mol. The summed E-state index contributed by atoms with van der Waals surface area (Å²) in [7, 11) is 0. The van der Waals surface area contributed by atoms with Crippen LogP contribution in [0.3, 0.4) is 0 Å². The van der Waals surface area contributed by atoms with E-state index in [1.165, 1.54) is 4.57 Å².